The summed E-state index contributed by atoms with van der Waals surface area (Å²) in [7, 11) is 0. The molecule has 0 atom stereocenters. The van der Waals surface area contributed by atoms with Crippen molar-refractivity contribution in [2.75, 3.05) is 5.73 Å². The second-order valence-electron chi connectivity index (χ2n) is 4.55. The van der Waals surface area contributed by atoms with Gasteiger partial charge in [0.15, 0.2) is 0 Å². The molecule has 1 heterocycles. The average Bonchev–Trinajstić information content (AvgIpc) is 2.63. The molecule has 24 heavy (non-hydrogen) atoms. The predicted molar refractivity (Wildman–Crippen MR) is 93.9 cm³/mol. The summed E-state index contributed by atoms with van der Waals surface area (Å²) in [5, 5.41) is 3.58. The molecule has 0 bridgehead atoms. The number of nitrogens with two attached hydrogens (primary N) is 1. The summed E-state index contributed by atoms with van der Waals surface area (Å²) in [4.78, 5) is 0.349. The van der Waals surface area contributed by atoms with Gasteiger partial charge in [-0.05, 0) is 19.1 Å². The minimum atomic E-state index is -4.59. The molecule has 12 heteroatoms. The Morgan fingerprint density at radius 1 is 1.12 bits per heavy atom. The van der Waals surface area contributed by atoms with Gasteiger partial charge in [-0.3, -0.25) is 0 Å². The molecular weight excluding hydrogens is 452 g/mol. The summed E-state index contributed by atoms with van der Waals surface area (Å²) < 4.78 is 37.8. The number of alkyl halides is 6. The molecular formula is C12H7Cl5F3N3S. The fraction of sp³-hybridized carbons (Fsp3) is 0.250. The summed E-state index contributed by atoms with van der Waals surface area (Å²) in [6.45, 7) is 1.59. The molecule has 0 aliphatic heterocycles. The number of nitrogens with zero attached hydrogens (tertiary/aromatic N) is 2. The highest BCUT2D eigenvalue weighted by molar-refractivity contribution is 8.04. The van der Waals surface area contributed by atoms with E-state index in [0.29, 0.717) is 10.6 Å². The van der Waals surface area contributed by atoms with Gasteiger partial charge in [-0.2, -0.15) is 18.3 Å². The van der Waals surface area contributed by atoms with E-state index >= 15 is 0 Å². The van der Waals surface area contributed by atoms with Gasteiger partial charge in [0.1, 0.15) is 11.5 Å². The molecule has 0 spiro atoms. The van der Waals surface area contributed by atoms with Crippen LogP contribution < -0.4 is 5.73 Å². The molecule has 0 radical (unpaired) electrons. The van der Waals surface area contributed by atoms with E-state index in [1.165, 1.54) is 0 Å². The first kappa shape index (κ1) is 20.1. The third-order valence-electron chi connectivity index (χ3n) is 2.81. The molecule has 2 aromatic rings. The summed E-state index contributed by atoms with van der Waals surface area (Å²) >= 11 is 29.9. The number of hydrogen-bond acceptors (Lipinski definition) is 3. The first-order chi connectivity index (χ1) is 10.8. The smallest absolute Gasteiger partial charge is 0.383 e. The van der Waals surface area contributed by atoms with E-state index in [0.717, 1.165) is 28.6 Å². The van der Waals surface area contributed by atoms with E-state index in [-0.39, 0.29) is 21.6 Å². The monoisotopic (exact) mass is 457 g/mol. The number of nitrogen functional groups attached to an aromatic ring is 1. The minimum absolute atomic E-state index is 0.00287. The second kappa shape index (κ2) is 6.85. The van der Waals surface area contributed by atoms with Gasteiger partial charge in [0.2, 0.25) is 3.12 Å². The van der Waals surface area contributed by atoms with Gasteiger partial charge >= 0.3 is 6.18 Å². The van der Waals surface area contributed by atoms with Crippen LogP contribution in [-0.4, -0.2) is 12.9 Å². The number of aromatic nitrogens is 2. The standard InChI is InChI=1S/C12H7Cl5F3N3S/c1-4-9(24-12(15,16)17)10(21)23(22-4)8-6(13)2-5(3-7(8)14)11(18,19)20/h2-3H,21H2,1H3. The molecule has 1 aromatic heterocycles. The molecule has 0 saturated heterocycles. The van der Waals surface area contributed by atoms with Gasteiger partial charge in [0, 0.05) is 0 Å². The maximum Gasteiger partial charge on any atom is 0.416 e. The van der Waals surface area contributed by atoms with Gasteiger partial charge in [-0.25, -0.2) is 4.68 Å². The van der Waals surface area contributed by atoms with Crippen LogP contribution in [0.15, 0.2) is 17.0 Å². The van der Waals surface area contributed by atoms with Crippen molar-refractivity contribution in [1.29, 1.82) is 0 Å². The lowest BCUT2D eigenvalue weighted by molar-refractivity contribution is -0.137. The van der Waals surface area contributed by atoms with Crippen molar-refractivity contribution < 1.29 is 13.2 Å². The zero-order chi connectivity index (χ0) is 18.4. The lowest BCUT2D eigenvalue weighted by Crippen LogP contribution is -2.08. The molecule has 2 N–H and O–H groups in total. The maximum atomic E-state index is 12.8. The van der Waals surface area contributed by atoms with E-state index in [4.69, 9.17) is 63.7 Å². The van der Waals surface area contributed by atoms with Crippen LogP contribution in [0.4, 0.5) is 19.0 Å². The predicted octanol–water partition coefficient (Wildman–Crippen LogP) is 6.51. The fourth-order valence-corrected chi connectivity index (χ4v) is 3.83. The topological polar surface area (TPSA) is 43.8 Å². The van der Waals surface area contributed by atoms with Crippen LogP contribution in [0.2, 0.25) is 10.0 Å². The Morgan fingerprint density at radius 2 is 1.62 bits per heavy atom. The van der Waals surface area contributed by atoms with Crippen LogP contribution >= 0.6 is 69.8 Å². The highest BCUT2D eigenvalue weighted by atomic mass is 35.6. The maximum absolute atomic E-state index is 12.8. The van der Waals surface area contributed by atoms with Crippen LogP contribution in [0, 0.1) is 6.92 Å². The molecule has 2 rings (SSSR count). The summed E-state index contributed by atoms with van der Waals surface area (Å²) in [5.41, 5.74) is 5.38. The van der Waals surface area contributed by atoms with Crippen molar-refractivity contribution in [1.82, 2.24) is 9.78 Å². The number of benzene rings is 1. The fourth-order valence-electron chi connectivity index (χ4n) is 1.87. The van der Waals surface area contributed by atoms with E-state index in [2.05, 4.69) is 5.10 Å². The Hall–Kier alpha value is -0.180. The second-order valence-corrected chi connectivity index (χ2v) is 9.54. The lowest BCUT2D eigenvalue weighted by Gasteiger charge is -2.14. The largest absolute Gasteiger partial charge is 0.416 e. The third-order valence-corrected chi connectivity index (χ3v) is 5.02. The van der Waals surface area contributed by atoms with Crippen molar-refractivity contribution in [2.24, 2.45) is 0 Å². The first-order valence-electron chi connectivity index (χ1n) is 5.98. The van der Waals surface area contributed by atoms with E-state index in [1.54, 1.807) is 6.92 Å². The lowest BCUT2D eigenvalue weighted by atomic mass is 10.2. The van der Waals surface area contributed by atoms with Crippen molar-refractivity contribution in [2.45, 2.75) is 21.1 Å². The number of rotatable bonds is 2. The molecule has 0 saturated carbocycles. The Balaban J connectivity index is 2.60. The van der Waals surface area contributed by atoms with Gasteiger partial charge in [0.05, 0.1) is 26.2 Å². The zero-order valence-electron chi connectivity index (χ0n) is 11.6. The van der Waals surface area contributed by atoms with E-state index < -0.39 is 14.9 Å². The zero-order valence-corrected chi connectivity index (χ0v) is 16.2. The highest BCUT2D eigenvalue weighted by Gasteiger charge is 2.33. The van der Waals surface area contributed by atoms with Crippen LogP contribution in [0.5, 0.6) is 0 Å². The summed E-state index contributed by atoms with van der Waals surface area (Å²) in [6.07, 6.45) is -4.59. The van der Waals surface area contributed by atoms with Crippen molar-refractivity contribution in [3.05, 3.63) is 33.4 Å². The summed E-state index contributed by atoms with van der Waals surface area (Å²) in [6, 6.07) is 1.47. The number of thioether (sulfide) groups is 1. The third kappa shape index (κ3) is 4.31. The molecule has 0 aliphatic rings. The van der Waals surface area contributed by atoms with Gasteiger partial charge in [-0.1, -0.05) is 69.8 Å². The Labute approximate surface area is 164 Å². The Morgan fingerprint density at radius 3 is 2.04 bits per heavy atom. The number of halogens is 8. The Bertz CT molecular complexity index is 762. The van der Waals surface area contributed by atoms with Gasteiger partial charge in [0.25, 0.3) is 0 Å². The highest BCUT2D eigenvalue weighted by Crippen LogP contribution is 2.47. The number of aryl methyl sites for hydroxylation is 1. The van der Waals surface area contributed by atoms with E-state index in [1.807, 2.05) is 0 Å². The molecule has 3 nitrogen and oxygen atoms in total. The Kier molecular flexibility index (Phi) is 5.75. The van der Waals surface area contributed by atoms with Crippen LogP contribution in [0.25, 0.3) is 5.69 Å². The SMILES string of the molecule is Cc1nn(-c2c(Cl)cc(C(F)(F)F)cc2Cl)c(N)c1SC(Cl)(Cl)Cl. The quantitative estimate of drug-likeness (QED) is 0.411. The average molecular weight is 460 g/mol. The van der Waals surface area contributed by atoms with Crippen LogP contribution in [0.1, 0.15) is 11.3 Å². The first-order valence-corrected chi connectivity index (χ1v) is 8.69. The summed E-state index contributed by atoms with van der Waals surface area (Å²) in [5.74, 6) is 0.0346. The van der Waals surface area contributed by atoms with Crippen molar-refractivity contribution >= 4 is 75.6 Å². The van der Waals surface area contributed by atoms with Gasteiger partial charge < -0.3 is 5.73 Å². The van der Waals surface area contributed by atoms with Crippen LogP contribution in [0.3, 0.4) is 0 Å². The van der Waals surface area contributed by atoms with Gasteiger partial charge in [-0.15, -0.1) is 0 Å². The molecule has 132 valence electrons. The molecule has 0 aliphatic carbocycles. The molecule has 0 amide bonds. The van der Waals surface area contributed by atoms with Crippen LogP contribution in [-0.2, 0) is 6.18 Å². The number of anilines is 1. The molecule has 0 unspecified atom stereocenters. The van der Waals surface area contributed by atoms with Crippen molar-refractivity contribution in [3.8, 4) is 5.69 Å². The molecule has 0 fully saturated rings. The molecule has 1 aromatic carbocycles. The number of hydrogen-bond donors (Lipinski definition) is 1. The van der Waals surface area contributed by atoms with Crippen molar-refractivity contribution in [3.63, 3.8) is 0 Å². The van der Waals surface area contributed by atoms with E-state index in [9.17, 15) is 13.2 Å². The normalized spacial score (nSPS) is 12.7. The minimum Gasteiger partial charge on any atom is -0.383 e.